The number of allylic oxidation sites excluding steroid dienone is 2. The van der Waals surface area contributed by atoms with Crippen LogP contribution >= 0.6 is 15.9 Å². The number of hydrogen-bond acceptors (Lipinski definition) is 6. The van der Waals surface area contributed by atoms with E-state index in [0.29, 0.717) is 11.1 Å². The summed E-state index contributed by atoms with van der Waals surface area (Å²) in [5, 5.41) is 0. The molecule has 1 aliphatic carbocycles. The fourth-order valence-electron chi connectivity index (χ4n) is 3.13. The molecule has 112 valence electrons. The Morgan fingerprint density at radius 1 is 1.09 bits per heavy atom. The Bertz CT molecular complexity index is 773. The van der Waals surface area contributed by atoms with Gasteiger partial charge in [-0.3, -0.25) is 9.47 Å². The van der Waals surface area contributed by atoms with Gasteiger partial charge in [-0.2, -0.15) is 0 Å². The Labute approximate surface area is 133 Å². The number of benzene rings is 1. The summed E-state index contributed by atoms with van der Waals surface area (Å²) in [5.74, 6) is -4.78. The van der Waals surface area contributed by atoms with Gasteiger partial charge in [-0.1, -0.05) is 28.1 Å². The zero-order valence-electron chi connectivity index (χ0n) is 11.1. The highest BCUT2D eigenvalue weighted by molar-refractivity contribution is 9.11. The van der Waals surface area contributed by atoms with Crippen LogP contribution in [0.4, 0.5) is 0 Å². The molecule has 5 rings (SSSR count). The first-order valence-corrected chi connectivity index (χ1v) is 7.46. The van der Waals surface area contributed by atoms with E-state index < -0.39 is 23.5 Å². The first-order valence-electron chi connectivity index (χ1n) is 6.67. The predicted molar refractivity (Wildman–Crippen MR) is 74.4 cm³/mol. The second kappa shape index (κ2) is 3.87. The van der Waals surface area contributed by atoms with Gasteiger partial charge in [-0.25, -0.2) is 4.79 Å². The maximum atomic E-state index is 12.1. The van der Waals surface area contributed by atoms with Crippen molar-refractivity contribution < 1.29 is 28.5 Å². The molecule has 0 saturated carbocycles. The highest BCUT2D eigenvalue weighted by atomic mass is 79.9. The van der Waals surface area contributed by atoms with Gasteiger partial charge in [-0.05, 0) is 30.4 Å². The smallest absolute Gasteiger partial charge is 0.365 e. The molecular formula is C15H9BrO6. The monoisotopic (exact) mass is 364 g/mol. The molecule has 3 heterocycles. The fourth-order valence-corrected chi connectivity index (χ4v) is 3.56. The maximum Gasteiger partial charge on any atom is 0.365 e. The number of carbonyl (C=O) groups is 1. The second-order valence-electron chi connectivity index (χ2n) is 5.30. The van der Waals surface area contributed by atoms with Gasteiger partial charge >= 0.3 is 11.9 Å². The molecule has 1 aromatic carbocycles. The number of fused-ring (bicyclic) bond motifs is 2. The summed E-state index contributed by atoms with van der Waals surface area (Å²) in [7, 11) is 0. The van der Waals surface area contributed by atoms with Crippen LogP contribution in [-0.2, 0) is 29.7 Å². The van der Waals surface area contributed by atoms with E-state index in [1.807, 2.05) is 0 Å². The van der Waals surface area contributed by atoms with Crippen molar-refractivity contribution in [3.8, 4) is 0 Å². The number of rotatable bonds is 0. The van der Waals surface area contributed by atoms with Crippen molar-refractivity contribution >= 4 is 21.9 Å². The minimum Gasteiger partial charge on any atom is -0.400 e. The van der Waals surface area contributed by atoms with Crippen LogP contribution in [0.1, 0.15) is 15.9 Å². The van der Waals surface area contributed by atoms with E-state index in [2.05, 4.69) is 15.9 Å². The van der Waals surface area contributed by atoms with Gasteiger partial charge in [0.25, 0.3) is 11.6 Å². The largest absolute Gasteiger partial charge is 0.400 e. The number of halogens is 1. The van der Waals surface area contributed by atoms with Gasteiger partial charge in [0.05, 0.1) is 11.1 Å². The zero-order valence-corrected chi connectivity index (χ0v) is 12.7. The van der Waals surface area contributed by atoms with Crippen molar-refractivity contribution in [1.29, 1.82) is 0 Å². The Hall–Kier alpha value is -1.51. The molecule has 0 bridgehead atoms. The molecule has 22 heavy (non-hydrogen) atoms. The Balaban J connectivity index is 1.70. The van der Waals surface area contributed by atoms with E-state index in [1.54, 1.807) is 42.5 Å². The topological polar surface area (TPSA) is 63.2 Å². The summed E-state index contributed by atoms with van der Waals surface area (Å²) in [6.07, 6.45) is 5.16. The molecular weight excluding hydrogens is 356 g/mol. The van der Waals surface area contributed by atoms with E-state index >= 15 is 0 Å². The molecule has 3 aliphatic heterocycles. The van der Waals surface area contributed by atoms with Crippen LogP contribution in [0, 0.1) is 0 Å². The molecule has 4 aliphatic rings. The Morgan fingerprint density at radius 2 is 1.86 bits per heavy atom. The van der Waals surface area contributed by atoms with Crippen LogP contribution in [0.15, 0.2) is 47.0 Å². The fraction of sp³-hybridized carbons (Fsp3) is 0.267. The van der Waals surface area contributed by atoms with Gasteiger partial charge in [0, 0.05) is 4.48 Å². The van der Waals surface area contributed by atoms with Crippen molar-refractivity contribution in [2.75, 3.05) is 6.79 Å². The second-order valence-corrected chi connectivity index (χ2v) is 6.22. The molecule has 0 radical (unpaired) electrons. The number of hydrogen-bond donors (Lipinski definition) is 0. The first-order chi connectivity index (χ1) is 10.6. The molecule has 2 fully saturated rings. The summed E-state index contributed by atoms with van der Waals surface area (Å²) >= 11 is 3.39. The Morgan fingerprint density at radius 3 is 2.77 bits per heavy atom. The highest BCUT2D eigenvalue weighted by Crippen LogP contribution is 2.59. The normalized spacial score (nSPS) is 41.1. The minimum atomic E-state index is -1.67. The standard InChI is InChI=1S/C15H9BrO6/c16-9-5-6-13-14(7-9,19-8-18-13)22-15(21-13)11-4-2-1-3-10(11)12(17)20-15/h1-7H,8H2. The lowest BCUT2D eigenvalue weighted by atomic mass is 10.0. The molecule has 6 nitrogen and oxygen atoms in total. The van der Waals surface area contributed by atoms with Crippen LogP contribution in [0.25, 0.3) is 0 Å². The molecule has 3 unspecified atom stereocenters. The van der Waals surface area contributed by atoms with Crippen molar-refractivity contribution in [3.05, 3.63) is 58.1 Å². The minimum absolute atomic E-state index is 0.00674. The van der Waals surface area contributed by atoms with Crippen molar-refractivity contribution in [3.63, 3.8) is 0 Å². The van der Waals surface area contributed by atoms with Crippen molar-refractivity contribution in [1.82, 2.24) is 0 Å². The zero-order chi connectivity index (χ0) is 15.0. The average Bonchev–Trinajstić information content (AvgIpc) is 3.06. The number of ether oxygens (including phenoxy) is 5. The first kappa shape index (κ1) is 13.0. The van der Waals surface area contributed by atoms with E-state index in [4.69, 9.17) is 23.7 Å². The third-order valence-electron chi connectivity index (χ3n) is 4.10. The summed E-state index contributed by atoms with van der Waals surface area (Å²) in [4.78, 5) is 12.1. The SMILES string of the molecule is O=C1OC2(OC34C=CC(Br)=CC3(OCO4)O2)c2ccccc21. The molecule has 0 amide bonds. The van der Waals surface area contributed by atoms with Crippen LogP contribution in [0.3, 0.4) is 0 Å². The van der Waals surface area contributed by atoms with Gasteiger partial charge in [0.15, 0.2) is 6.79 Å². The third kappa shape index (κ3) is 1.36. The quantitative estimate of drug-likeness (QED) is 0.658. The van der Waals surface area contributed by atoms with E-state index in [1.165, 1.54) is 0 Å². The molecule has 2 saturated heterocycles. The highest BCUT2D eigenvalue weighted by Gasteiger charge is 2.75. The van der Waals surface area contributed by atoms with Gasteiger partial charge in [-0.15, -0.1) is 0 Å². The number of esters is 1. The van der Waals surface area contributed by atoms with Crippen LogP contribution in [0.2, 0.25) is 0 Å². The van der Waals surface area contributed by atoms with Crippen molar-refractivity contribution in [2.24, 2.45) is 0 Å². The summed E-state index contributed by atoms with van der Waals surface area (Å²) < 4.78 is 29.5. The number of carbonyl (C=O) groups excluding carboxylic acids is 1. The summed E-state index contributed by atoms with van der Waals surface area (Å²) in [6.45, 7) is 0.00674. The van der Waals surface area contributed by atoms with Crippen LogP contribution < -0.4 is 0 Å². The summed E-state index contributed by atoms with van der Waals surface area (Å²) in [5.41, 5.74) is 0.902. The molecule has 7 heteroatoms. The lowest BCUT2D eigenvalue weighted by molar-refractivity contribution is -0.369. The lowest BCUT2D eigenvalue weighted by Gasteiger charge is -2.29. The Kier molecular flexibility index (Phi) is 2.28. The maximum absolute atomic E-state index is 12.1. The van der Waals surface area contributed by atoms with Crippen LogP contribution in [0.5, 0.6) is 0 Å². The molecule has 1 spiro atoms. The molecule has 0 N–H and O–H groups in total. The van der Waals surface area contributed by atoms with Crippen LogP contribution in [-0.4, -0.2) is 24.3 Å². The average molecular weight is 365 g/mol. The van der Waals surface area contributed by atoms with E-state index in [0.717, 1.165) is 4.48 Å². The van der Waals surface area contributed by atoms with E-state index in [-0.39, 0.29) is 6.79 Å². The lowest BCUT2D eigenvalue weighted by Crippen LogP contribution is -2.47. The van der Waals surface area contributed by atoms with Gasteiger partial charge in [0.1, 0.15) is 0 Å². The van der Waals surface area contributed by atoms with Gasteiger partial charge < -0.3 is 14.2 Å². The predicted octanol–water partition coefficient (Wildman–Crippen LogP) is 2.26. The van der Waals surface area contributed by atoms with Crippen molar-refractivity contribution in [2.45, 2.75) is 17.5 Å². The molecule has 3 atom stereocenters. The molecule has 1 aromatic rings. The molecule has 0 aromatic heterocycles. The van der Waals surface area contributed by atoms with E-state index in [9.17, 15) is 4.79 Å². The third-order valence-corrected chi connectivity index (χ3v) is 4.59. The summed E-state index contributed by atoms with van der Waals surface area (Å²) in [6, 6.07) is 6.92. The van der Waals surface area contributed by atoms with Gasteiger partial charge in [0.2, 0.25) is 0 Å².